The van der Waals surface area contributed by atoms with Crippen LogP contribution >= 0.6 is 0 Å². The molecular formula is C26H34N8O2S. The van der Waals surface area contributed by atoms with Crippen LogP contribution in [0.4, 0.5) is 23.4 Å². The zero-order valence-electron chi connectivity index (χ0n) is 21.5. The molecule has 4 rings (SSSR count). The van der Waals surface area contributed by atoms with Crippen LogP contribution in [-0.4, -0.2) is 48.0 Å². The summed E-state index contributed by atoms with van der Waals surface area (Å²) >= 11 is 0. The van der Waals surface area contributed by atoms with Gasteiger partial charge in [-0.15, -0.1) is 0 Å². The van der Waals surface area contributed by atoms with Crippen LogP contribution in [0.3, 0.4) is 0 Å². The van der Waals surface area contributed by atoms with E-state index in [9.17, 15) is 8.42 Å². The Balaban J connectivity index is 1.58. The number of aromatic nitrogens is 4. The van der Waals surface area contributed by atoms with E-state index in [0.717, 1.165) is 54.1 Å². The van der Waals surface area contributed by atoms with Crippen LogP contribution in [-0.2, 0) is 16.4 Å². The monoisotopic (exact) mass is 522 g/mol. The van der Waals surface area contributed by atoms with E-state index in [2.05, 4.69) is 45.4 Å². The Bertz CT molecular complexity index is 1450. The number of nitrogens with zero attached hydrogens (tertiary/aromatic N) is 4. The van der Waals surface area contributed by atoms with Crippen LogP contribution in [0.1, 0.15) is 37.8 Å². The lowest BCUT2D eigenvalue weighted by molar-refractivity contribution is 0.598. The number of aryl methyl sites for hydroxylation is 1. The third-order valence-corrected chi connectivity index (χ3v) is 6.78. The quantitative estimate of drug-likeness (QED) is 0.215. The molecule has 4 aromatic rings. The van der Waals surface area contributed by atoms with Gasteiger partial charge in [-0.05, 0) is 61.6 Å². The van der Waals surface area contributed by atoms with E-state index in [1.54, 1.807) is 12.1 Å². The molecular weight excluding hydrogens is 488 g/mol. The molecule has 0 aliphatic carbocycles. The van der Waals surface area contributed by atoms with E-state index in [1.165, 1.54) is 12.1 Å². The zero-order chi connectivity index (χ0) is 26.4. The highest BCUT2D eigenvalue weighted by Gasteiger charge is 2.18. The molecule has 0 aliphatic heterocycles. The van der Waals surface area contributed by atoms with Gasteiger partial charge in [0.15, 0.2) is 11.5 Å². The molecule has 0 bridgehead atoms. The number of primary sulfonamides is 1. The highest BCUT2D eigenvalue weighted by Crippen LogP contribution is 2.27. The van der Waals surface area contributed by atoms with Gasteiger partial charge in [0.25, 0.3) is 0 Å². The van der Waals surface area contributed by atoms with Crippen molar-refractivity contribution in [2.75, 3.05) is 35.2 Å². The molecule has 0 aliphatic rings. The topological polar surface area (TPSA) is 142 Å². The molecule has 0 radical (unpaired) electrons. The van der Waals surface area contributed by atoms with Crippen molar-refractivity contribution in [2.45, 2.75) is 44.9 Å². The number of anilines is 4. The summed E-state index contributed by atoms with van der Waals surface area (Å²) in [6, 6.07) is 14.7. The van der Waals surface area contributed by atoms with Crippen LogP contribution in [0.25, 0.3) is 11.2 Å². The lowest BCUT2D eigenvalue weighted by Gasteiger charge is -2.23. The third-order valence-electron chi connectivity index (χ3n) is 5.85. The summed E-state index contributed by atoms with van der Waals surface area (Å²) in [5, 5.41) is 11.8. The smallest absolute Gasteiger partial charge is 0.238 e. The summed E-state index contributed by atoms with van der Waals surface area (Å²) in [5.74, 6) is 1.92. The lowest BCUT2D eigenvalue weighted by atomic mass is 10.1. The number of H-pyrrole nitrogens is 1. The van der Waals surface area contributed by atoms with Crippen LogP contribution in [0.2, 0.25) is 0 Å². The number of rotatable bonds is 12. The van der Waals surface area contributed by atoms with Crippen molar-refractivity contribution in [3.8, 4) is 0 Å². The molecule has 0 saturated heterocycles. The molecule has 0 unspecified atom stereocenters. The Morgan fingerprint density at radius 2 is 1.73 bits per heavy atom. The second kappa shape index (κ2) is 11.6. The molecule has 5 N–H and O–H groups in total. The van der Waals surface area contributed by atoms with Gasteiger partial charge in [0, 0.05) is 25.3 Å². The lowest BCUT2D eigenvalue weighted by Crippen LogP contribution is -2.26. The minimum absolute atomic E-state index is 0.100. The zero-order valence-corrected chi connectivity index (χ0v) is 22.3. The number of benzene rings is 2. The van der Waals surface area contributed by atoms with E-state index in [0.29, 0.717) is 30.5 Å². The molecule has 2 aromatic carbocycles. The number of imidazole rings is 1. The highest BCUT2D eigenvalue weighted by molar-refractivity contribution is 7.89. The van der Waals surface area contributed by atoms with Crippen LogP contribution in [0, 0.1) is 6.92 Å². The predicted octanol–water partition coefficient (Wildman–Crippen LogP) is 4.33. The third kappa shape index (κ3) is 6.75. The van der Waals surface area contributed by atoms with Crippen LogP contribution in [0.15, 0.2) is 53.4 Å². The van der Waals surface area contributed by atoms with Gasteiger partial charge in [0.2, 0.25) is 21.9 Å². The molecule has 11 heteroatoms. The van der Waals surface area contributed by atoms with Crippen LogP contribution < -0.4 is 20.7 Å². The summed E-state index contributed by atoms with van der Waals surface area (Å²) in [5.41, 5.74) is 4.45. The van der Waals surface area contributed by atoms with E-state index >= 15 is 0 Å². The standard InChI is InChI=1S/C26H34N8O2S/c1-4-15-34(16-5-2)24-22-23(32-26(30-22)29-20-8-6-7-18(3)17-20)31-25(33-24)28-14-13-19-9-11-21(12-10-19)37(27,35)36/h6-12,17H,4-5,13-16H2,1-3H3,(H2,27,35,36)(H3,28,29,30,31,32,33). The molecule has 0 fully saturated rings. The average molecular weight is 523 g/mol. The second-order valence-corrected chi connectivity index (χ2v) is 10.6. The molecule has 10 nitrogen and oxygen atoms in total. The summed E-state index contributed by atoms with van der Waals surface area (Å²) < 4.78 is 23.0. The fourth-order valence-corrected chi connectivity index (χ4v) is 4.65. The van der Waals surface area contributed by atoms with Gasteiger partial charge in [-0.3, -0.25) is 0 Å². The fourth-order valence-electron chi connectivity index (χ4n) is 4.14. The number of aromatic amines is 1. The van der Waals surface area contributed by atoms with Crippen molar-refractivity contribution < 1.29 is 8.42 Å². The molecule has 196 valence electrons. The molecule has 0 spiro atoms. The maximum absolute atomic E-state index is 11.5. The molecule has 0 amide bonds. The van der Waals surface area contributed by atoms with Crippen molar-refractivity contribution in [1.82, 2.24) is 19.9 Å². The Kier molecular flexibility index (Phi) is 8.24. The maximum atomic E-state index is 11.5. The molecule has 0 saturated carbocycles. The Hall–Kier alpha value is -3.70. The number of nitrogens with one attached hydrogen (secondary N) is 3. The SMILES string of the molecule is CCCN(CCC)c1nc(NCCc2ccc(S(N)(=O)=O)cc2)nc2nc(Nc3cccc(C)c3)[nH]c12. The average Bonchev–Trinajstić information content (AvgIpc) is 3.25. The highest BCUT2D eigenvalue weighted by atomic mass is 32.2. The minimum Gasteiger partial charge on any atom is -0.355 e. The number of hydrogen-bond donors (Lipinski definition) is 4. The normalized spacial score (nSPS) is 11.6. The number of nitrogens with two attached hydrogens (primary N) is 1. The Morgan fingerprint density at radius 1 is 1.00 bits per heavy atom. The van der Waals surface area contributed by atoms with Crippen molar-refractivity contribution in [1.29, 1.82) is 0 Å². The van der Waals surface area contributed by atoms with Crippen molar-refractivity contribution >= 4 is 44.6 Å². The van der Waals surface area contributed by atoms with Crippen molar-refractivity contribution in [3.63, 3.8) is 0 Å². The molecule has 2 heterocycles. The summed E-state index contributed by atoms with van der Waals surface area (Å²) in [6.45, 7) is 8.66. The molecule has 37 heavy (non-hydrogen) atoms. The first-order valence-corrected chi connectivity index (χ1v) is 14.0. The largest absolute Gasteiger partial charge is 0.355 e. The predicted molar refractivity (Wildman–Crippen MR) is 149 cm³/mol. The summed E-state index contributed by atoms with van der Waals surface area (Å²) in [7, 11) is -3.70. The van der Waals surface area contributed by atoms with E-state index < -0.39 is 10.0 Å². The minimum atomic E-state index is -3.70. The van der Waals surface area contributed by atoms with Gasteiger partial charge >= 0.3 is 0 Å². The number of fused-ring (bicyclic) bond motifs is 1. The van der Waals surface area contributed by atoms with Gasteiger partial charge in [-0.2, -0.15) is 15.0 Å². The van der Waals surface area contributed by atoms with Crippen molar-refractivity contribution in [2.24, 2.45) is 5.14 Å². The summed E-state index contributed by atoms with van der Waals surface area (Å²) in [4.78, 5) is 20.0. The first-order chi connectivity index (χ1) is 17.8. The van der Waals surface area contributed by atoms with Crippen LogP contribution in [0.5, 0.6) is 0 Å². The maximum Gasteiger partial charge on any atom is 0.238 e. The number of hydrogen-bond acceptors (Lipinski definition) is 8. The van der Waals surface area contributed by atoms with Gasteiger partial charge in [0.05, 0.1) is 4.90 Å². The van der Waals surface area contributed by atoms with E-state index in [4.69, 9.17) is 15.1 Å². The van der Waals surface area contributed by atoms with Crippen molar-refractivity contribution in [3.05, 3.63) is 59.7 Å². The fraction of sp³-hybridized carbons (Fsp3) is 0.346. The van der Waals surface area contributed by atoms with E-state index in [-0.39, 0.29) is 4.90 Å². The Morgan fingerprint density at radius 3 is 2.38 bits per heavy atom. The van der Waals surface area contributed by atoms with E-state index in [1.807, 2.05) is 25.1 Å². The first-order valence-electron chi connectivity index (χ1n) is 12.5. The first kappa shape index (κ1) is 26.4. The molecule has 2 aromatic heterocycles. The Labute approximate surface area is 217 Å². The van der Waals surface area contributed by atoms with Gasteiger partial charge in [-0.25, -0.2) is 13.6 Å². The van der Waals surface area contributed by atoms with Gasteiger partial charge in [0.1, 0.15) is 5.52 Å². The van der Waals surface area contributed by atoms with Gasteiger partial charge in [-0.1, -0.05) is 38.1 Å². The second-order valence-electron chi connectivity index (χ2n) is 9.00. The van der Waals surface area contributed by atoms with Gasteiger partial charge < -0.3 is 20.5 Å². The number of sulfonamides is 1. The summed E-state index contributed by atoms with van der Waals surface area (Å²) in [6.07, 6.45) is 2.65. The molecule has 0 atom stereocenters.